The Balaban J connectivity index is 1.84. The lowest BCUT2D eigenvalue weighted by atomic mass is 10.2. The first-order chi connectivity index (χ1) is 9.93. The number of nitrogens with one attached hydrogen (secondary N) is 1. The molecule has 8 heteroatoms. The van der Waals surface area contributed by atoms with E-state index in [9.17, 15) is 13.6 Å². The number of carbonyl (C=O) groups excluding carboxylic acids is 1. The van der Waals surface area contributed by atoms with Crippen molar-refractivity contribution in [3.63, 3.8) is 0 Å². The molecule has 0 radical (unpaired) electrons. The maximum Gasteiger partial charge on any atom is 0.586 e. The zero-order valence-electron chi connectivity index (χ0n) is 10.5. The number of alkyl halides is 2. The number of hydrogen-bond donors (Lipinski definition) is 2. The number of nitrogens with zero attached hydrogens (tertiary/aromatic N) is 1. The predicted molar refractivity (Wildman–Crippen MR) is 68.7 cm³/mol. The SMILES string of the molecule is NC(=O)c1cncc(Nc2ccc3c(c2)OC(F)(F)O3)c1. The van der Waals surface area contributed by atoms with Gasteiger partial charge < -0.3 is 20.5 Å². The molecule has 1 aliphatic heterocycles. The summed E-state index contributed by atoms with van der Waals surface area (Å²) < 4.78 is 34.5. The summed E-state index contributed by atoms with van der Waals surface area (Å²) in [5.41, 5.74) is 6.34. The Kier molecular flexibility index (Phi) is 2.86. The number of fused-ring (bicyclic) bond motifs is 1. The number of amides is 1. The standard InChI is InChI=1S/C13H9F2N3O3/c14-13(15)20-10-2-1-8(4-11(10)21-13)18-9-3-7(12(16)19)5-17-6-9/h1-6,18H,(H2,16,19). The summed E-state index contributed by atoms with van der Waals surface area (Å²) in [5.74, 6) is -0.741. The Hall–Kier alpha value is -2.90. The number of primary amides is 1. The zero-order chi connectivity index (χ0) is 15.0. The average molecular weight is 293 g/mol. The van der Waals surface area contributed by atoms with Crippen LogP contribution in [0.15, 0.2) is 36.7 Å². The maximum absolute atomic E-state index is 12.9. The molecule has 3 rings (SSSR count). The van der Waals surface area contributed by atoms with Crippen molar-refractivity contribution in [2.24, 2.45) is 5.73 Å². The Morgan fingerprint density at radius 3 is 2.67 bits per heavy atom. The van der Waals surface area contributed by atoms with Gasteiger partial charge in [-0.3, -0.25) is 9.78 Å². The Morgan fingerprint density at radius 2 is 1.90 bits per heavy atom. The second-order valence-corrected chi connectivity index (χ2v) is 4.28. The van der Waals surface area contributed by atoms with Crippen molar-refractivity contribution in [2.45, 2.75) is 6.29 Å². The van der Waals surface area contributed by atoms with Crippen molar-refractivity contribution in [1.29, 1.82) is 0 Å². The fourth-order valence-corrected chi connectivity index (χ4v) is 1.84. The molecule has 108 valence electrons. The van der Waals surface area contributed by atoms with Crippen LogP contribution in [0.5, 0.6) is 11.5 Å². The van der Waals surface area contributed by atoms with Crippen molar-refractivity contribution in [1.82, 2.24) is 4.98 Å². The number of carbonyl (C=O) groups is 1. The maximum atomic E-state index is 12.9. The van der Waals surface area contributed by atoms with Crippen LogP contribution in [0.4, 0.5) is 20.2 Å². The molecule has 1 amide bonds. The van der Waals surface area contributed by atoms with E-state index in [1.807, 2.05) is 0 Å². The smallest absolute Gasteiger partial charge is 0.395 e. The summed E-state index contributed by atoms with van der Waals surface area (Å²) in [7, 11) is 0. The first-order valence-corrected chi connectivity index (χ1v) is 5.85. The van der Waals surface area contributed by atoms with Crippen molar-refractivity contribution >= 4 is 17.3 Å². The van der Waals surface area contributed by atoms with Gasteiger partial charge in [0.1, 0.15) is 0 Å². The van der Waals surface area contributed by atoms with Crippen LogP contribution in [0.1, 0.15) is 10.4 Å². The van der Waals surface area contributed by atoms with Gasteiger partial charge in [-0.15, -0.1) is 8.78 Å². The van der Waals surface area contributed by atoms with Crippen molar-refractivity contribution in [2.75, 3.05) is 5.32 Å². The van der Waals surface area contributed by atoms with E-state index < -0.39 is 12.2 Å². The summed E-state index contributed by atoms with van der Waals surface area (Å²) in [4.78, 5) is 14.9. The van der Waals surface area contributed by atoms with Crippen molar-refractivity contribution in [3.05, 3.63) is 42.2 Å². The lowest BCUT2D eigenvalue weighted by Crippen LogP contribution is -2.25. The first-order valence-electron chi connectivity index (χ1n) is 5.85. The summed E-state index contributed by atoms with van der Waals surface area (Å²) in [6, 6.07) is 5.73. The number of rotatable bonds is 3. The molecule has 2 heterocycles. The number of pyridine rings is 1. The van der Waals surface area contributed by atoms with Crippen LogP contribution in [0, 0.1) is 0 Å². The van der Waals surface area contributed by atoms with E-state index in [4.69, 9.17) is 5.73 Å². The minimum Gasteiger partial charge on any atom is -0.395 e. The Bertz CT molecular complexity index is 722. The monoisotopic (exact) mass is 293 g/mol. The number of aromatic nitrogens is 1. The highest BCUT2D eigenvalue weighted by Gasteiger charge is 2.43. The highest BCUT2D eigenvalue weighted by molar-refractivity contribution is 5.93. The van der Waals surface area contributed by atoms with Crippen LogP contribution in [-0.2, 0) is 0 Å². The molecule has 0 saturated carbocycles. The number of nitrogens with two attached hydrogens (primary N) is 1. The topological polar surface area (TPSA) is 86.5 Å². The van der Waals surface area contributed by atoms with Gasteiger partial charge in [-0.25, -0.2) is 0 Å². The highest BCUT2D eigenvalue weighted by Crippen LogP contribution is 2.42. The molecule has 0 atom stereocenters. The fourth-order valence-electron chi connectivity index (χ4n) is 1.84. The molecule has 0 fully saturated rings. The van der Waals surface area contributed by atoms with Gasteiger partial charge in [-0.05, 0) is 18.2 Å². The summed E-state index contributed by atoms with van der Waals surface area (Å²) in [5, 5.41) is 2.91. The van der Waals surface area contributed by atoms with Gasteiger partial charge >= 0.3 is 6.29 Å². The van der Waals surface area contributed by atoms with Crippen LogP contribution in [-0.4, -0.2) is 17.2 Å². The van der Waals surface area contributed by atoms with Gasteiger partial charge in [0, 0.05) is 18.0 Å². The van der Waals surface area contributed by atoms with E-state index >= 15 is 0 Å². The molecule has 0 unspecified atom stereocenters. The summed E-state index contributed by atoms with van der Waals surface area (Å²) >= 11 is 0. The Labute approximate surface area is 117 Å². The quantitative estimate of drug-likeness (QED) is 0.906. The van der Waals surface area contributed by atoms with Gasteiger partial charge in [0.15, 0.2) is 11.5 Å². The molecule has 0 aliphatic carbocycles. The van der Waals surface area contributed by atoms with E-state index in [0.29, 0.717) is 11.4 Å². The molecule has 3 N–H and O–H groups in total. The van der Waals surface area contributed by atoms with Gasteiger partial charge in [-0.1, -0.05) is 0 Å². The van der Waals surface area contributed by atoms with Crippen LogP contribution in [0.25, 0.3) is 0 Å². The molecular weight excluding hydrogens is 284 g/mol. The molecule has 0 saturated heterocycles. The van der Waals surface area contributed by atoms with E-state index in [-0.39, 0.29) is 17.1 Å². The second kappa shape index (κ2) is 4.58. The lowest BCUT2D eigenvalue weighted by Gasteiger charge is -2.07. The average Bonchev–Trinajstić information content (AvgIpc) is 2.72. The van der Waals surface area contributed by atoms with Crippen LogP contribution in [0.2, 0.25) is 0 Å². The van der Waals surface area contributed by atoms with Crippen molar-refractivity contribution < 1.29 is 23.0 Å². The fraction of sp³-hybridized carbons (Fsp3) is 0.0769. The molecule has 6 nitrogen and oxygen atoms in total. The predicted octanol–water partition coefficient (Wildman–Crippen LogP) is 2.25. The zero-order valence-corrected chi connectivity index (χ0v) is 10.5. The van der Waals surface area contributed by atoms with Gasteiger partial charge in [-0.2, -0.15) is 0 Å². The highest BCUT2D eigenvalue weighted by atomic mass is 19.3. The molecule has 0 bridgehead atoms. The van der Waals surface area contributed by atoms with E-state index in [0.717, 1.165) is 0 Å². The van der Waals surface area contributed by atoms with Gasteiger partial charge in [0.2, 0.25) is 5.91 Å². The van der Waals surface area contributed by atoms with Crippen LogP contribution < -0.4 is 20.5 Å². The van der Waals surface area contributed by atoms with Crippen LogP contribution in [0.3, 0.4) is 0 Å². The molecule has 21 heavy (non-hydrogen) atoms. The number of ether oxygens (including phenoxy) is 2. The minimum atomic E-state index is -3.66. The molecule has 2 aromatic rings. The molecule has 1 aliphatic rings. The minimum absolute atomic E-state index is 0.0467. The van der Waals surface area contributed by atoms with Gasteiger partial charge in [0.05, 0.1) is 17.4 Å². The molecular formula is C13H9F2N3O3. The number of anilines is 2. The molecule has 1 aromatic carbocycles. The van der Waals surface area contributed by atoms with E-state index in [2.05, 4.69) is 19.8 Å². The largest absolute Gasteiger partial charge is 0.586 e. The van der Waals surface area contributed by atoms with E-state index in [1.54, 1.807) is 0 Å². The third-order valence-electron chi connectivity index (χ3n) is 2.71. The lowest BCUT2D eigenvalue weighted by molar-refractivity contribution is -0.286. The second-order valence-electron chi connectivity index (χ2n) is 4.28. The number of hydrogen-bond acceptors (Lipinski definition) is 5. The Morgan fingerprint density at radius 1 is 1.14 bits per heavy atom. The van der Waals surface area contributed by atoms with Crippen molar-refractivity contribution in [3.8, 4) is 11.5 Å². The number of benzene rings is 1. The third-order valence-corrected chi connectivity index (χ3v) is 2.71. The van der Waals surface area contributed by atoms with E-state index in [1.165, 1.54) is 36.7 Å². The molecule has 1 aromatic heterocycles. The summed E-state index contributed by atoms with van der Waals surface area (Å²) in [6.45, 7) is 0. The summed E-state index contributed by atoms with van der Waals surface area (Å²) in [6.07, 6.45) is -0.867. The first kappa shape index (κ1) is 13.1. The molecule has 0 spiro atoms. The normalized spacial score (nSPS) is 14.8. The third kappa shape index (κ3) is 2.69. The number of halogens is 2. The van der Waals surface area contributed by atoms with Gasteiger partial charge in [0.25, 0.3) is 0 Å². The van der Waals surface area contributed by atoms with Crippen LogP contribution >= 0.6 is 0 Å².